The standard InChI is InChI=1S/C16H25N3O3S/c1-13-5-7-15(8-6-13)23(21,22)19-11-3-2-4-14(19)12-18-16(20)9-10-17/h5-8,14H,2-4,9-12,17H2,1H3,(H,18,20). The lowest BCUT2D eigenvalue weighted by Crippen LogP contribution is -2.49. The summed E-state index contributed by atoms with van der Waals surface area (Å²) in [6.07, 6.45) is 2.83. The molecule has 2 rings (SSSR count). The van der Waals surface area contributed by atoms with E-state index in [9.17, 15) is 13.2 Å². The lowest BCUT2D eigenvalue weighted by atomic mass is 10.1. The van der Waals surface area contributed by atoms with Gasteiger partial charge in [0, 0.05) is 32.1 Å². The second-order valence-electron chi connectivity index (χ2n) is 5.92. The first-order valence-corrected chi connectivity index (χ1v) is 9.44. The van der Waals surface area contributed by atoms with Gasteiger partial charge in [-0.3, -0.25) is 4.79 Å². The Morgan fingerprint density at radius 3 is 2.65 bits per heavy atom. The van der Waals surface area contributed by atoms with Crippen molar-refractivity contribution in [3.8, 4) is 0 Å². The summed E-state index contributed by atoms with van der Waals surface area (Å²) in [5.74, 6) is -0.134. The highest BCUT2D eigenvalue weighted by Gasteiger charge is 2.33. The van der Waals surface area contributed by atoms with Gasteiger partial charge in [-0.25, -0.2) is 8.42 Å². The highest BCUT2D eigenvalue weighted by atomic mass is 32.2. The molecule has 7 heteroatoms. The van der Waals surface area contributed by atoms with E-state index >= 15 is 0 Å². The maximum atomic E-state index is 12.9. The van der Waals surface area contributed by atoms with Gasteiger partial charge in [0.15, 0.2) is 0 Å². The van der Waals surface area contributed by atoms with Crippen molar-refractivity contribution in [1.29, 1.82) is 0 Å². The Kier molecular flexibility index (Phi) is 6.15. The first kappa shape index (κ1) is 17.9. The first-order chi connectivity index (χ1) is 10.9. The van der Waals surface area contributed by atoms with Gasteiger partial charge in [0.25, 0.3) is 0 Å². The molecule has 0 saturated carbocycles. The van der Waals surface area contributed by atoms with Gasteiger partial charge in [0.2, 0.25) is 15.9 Å². The summed E-state index contributed by atoms with van der Waals surface area (Å²) in [5, 5.41) is 2.79. The molecule has 1 heterocycles. The van der Waals surface area contributed by atoms with Crippen LogP contribution in [0.1, 0.15) is 31.2 Å². The third-order valence-corrected chi connectivity index (χ3v) is 6.07. The van der Waals surface area contributed by atoms with Crippen LogP contribution in [0.4, 0.5) is 0 Å². The summed E-state index contributed by atoms with van der Waals surface area (Å²) in [6.45, 7) is 3.05. The molecule has 6 nitrogen and oxygen atoms in total. The molecule has 0 aromatic heterocycles. The highest BCUT2D eigenvalue weighted by molar-refractivity contribution is 7.89. The Morgan fingerprint density at radius 2 is 2.00 bits per heavy atom. The number of benzene rings is 1. The Balaban J connectivity index is 2.13. The second kappa shape index (κ2) is 7.90. The van der Waals surface area contributed by atoms with Gasteiger partial charge in [-0.1, -0.05) is 24.1 Å². The molecule has 1 aromatic rings. The van der Waals surface area contributed by atoms with E-state index in [1.54, 1.807) is 24.3 Å². The smallest absolute Gasteiger partial charge is 0.243 e. The fourth-order valence-corrected chi connectivity index (χ4v) is 4.48. The van der Waals surface area contributed by atoms with Gasteiger partial charge < -0.3 is 11.1 Å². The third-order valence-electron chi connectivity index (χ3n) is 4.11. The number of piperidine rings is 1. The summed E-state index contributed by atoms with van der Waals surface area (Å²) >= 11 is 0. The zero-order valence-electron chi connectivity index (χ0n) is 13.5. The highest BCUT2D eigenvalue weighted by Crippen LogP contribution is 2.25. The molecule has 3 N–H and O–H groups in total. The minimum Gasteiger partial charge on any atom is -0.354 e. The van der Waals surface area contributed by atoms with E-state index in [-0.39, 0.29) is 18.4 Å². The topological polar surface area (TPSA) is 92.5 Å². The van der Waals surface area contributed by atoms with Crippen LogP contribution in [-0.4, -0.2) is 44.3 Å². The van der Waals surface area contributed by atoms with Crippen molar-refractivity contribution >= 4 is 15.9 Å². The quantitative estimate of drug-likeness (QED) is 0.809. The number of carbonyl (C=O) groups is 1. The molecule has 1 saturated heterocycles. The zero-order chi connectivity index (χ0) is 16.9. The fraction of sp³-hybridized carbons (Fsp3) is 0.562. The number of sulfonamides is 1. The molecule has 1 aliphatic heterocycles. The van der Waals surface area contributed by atoms with Crippen molar-refractivity contribution in [2.24, 2.45) is 5.73 Å². The normalized spacial score (nSPS) is 19.5. The molecule has 1 unspecified atom stereocenters. The molecule has 0 spiro atoms. The van der Waals surface area contributed by atoms with Crippen molar-refractivity contribution in [3.63, 3.8) is 0 Å². The van der Waals surface area contributed by atoms with Gasteiger partial charge in [0.05, 0.1) is 4.90 Å². The Bertz CT molecular complexity index is 628. The van der Waals surface area contributed by atoms with Crippen LogP contribution in [0, 0.1) is 6.92 Å². The molecule has 1 fully saturated rings. The predicted octanol–water partition coefficient (Wildman–Crippen LogP) is 1.00. The van der Waals surface area contributed by atoms with Crippen molar-refractivity contribution in [2.45, 2.75) is 43.5 Å². The maximum Gasteiger partial charge on any atom is 0.243 e. The van der Waals surface area contributed by atoms with Crippen molar-refractivity contribution in [2.75, 3.05) is 19.6 Å². The molecule has 23 heavy (non-hydrogen) atoms. The van der Waals surface area contributed by atoms with Gasteiger partial charge >= 0.3 is 0 Å². The van der Waals surface area contributed by atoms with Crippen LogP contribution >= 0.6 is 0 Å². The molecular formula is C16H25N3O3S. The van der Waals surface area contributed by atoms with E-state index in [1.807, 2.05) is 6.92 Å². The summed E-state index contributed by atoms with van der Waals surface area (Å²) in [4.78, 5) is 11.9. The largest absolute Gasteiger partial charge is 0.354 e. The van der Waals surface area contributed by atoms with E-state index in [2.05, 4.69) is 5.32 Å². The SMILES string of the molecule is Cc1ccc(S(=O)(=O)N2CCCCC2CNC(=O)CCN)cc1. The van der Waals surface area contributed by atoms with E-state index in [1.165, 1.54) is 4.31 Å². The number of amides is 1. The number of nitrogens with two attached hydrogens (primary N) is 1. The number of rotatable bonds is 6. The molecule has 0 bridgehead atoms. The Hall–Kier alpha value is -1.44. The molecule has 1 amide bonds. The average molecular weight is 339 g/mol. The zero-order valence-corrected chi connectivity index (χ0v) is 14.3. The molecule has 1 aliphatic rings. The minimum atomic E-state index is -3.53. The van der Waals surface area contributed by atoms with E-state index < -0.39 is 10.0 Å². The van der Waals surface area contributed by atoms with Crippen LogP contribution in [-0.2, 0) is 14.8 Å². The van der Waals surface area contributed by atoms with Crippen LogP contribution < -0.4 is 11.1 Å². The lowest BCUT2D eigenvalue weighted by Gasteiger charge is -2.34. The second-order valence-corrected chi connectivity index (χ2v) is 7.81. The molecule has 0 radical (unpaired) electrons. The molecule has 1 aromatic carbocycles. The Labute approximate surface area is 138 Å². The molecular weight excluding hydrogens is 314 g/mol. The lowest BCUT2D eigenvalue weighted by molar-refractivity contribution is -0.121. The van der Waals surface area contributed by atoms with Crippen LogP contribution in [0.15, 0.2) is 29.2 Å². The number of nitrogens with one attached hydrogen (secondary N) is 1. The first-order valence-electron chi connectivity index (χ1n) is 8.00. The number of nitrogens with zero attached hydrogens (tertiary/aromatic N) is 1. The summed E-state index contributed by atoms with van der Waals surface area (Å²) in [5.41, 5.74) is 6.38. The molecule has 1 atom stereocenters. The van der Waals surface area contributed by atoms with Crippen molar-refractivity contribution in [1.82, 2.24) is 9.62 Å². The van der Waals surface area contributed by atoms with Crippen LogP contribution in [0.5, 0.6) is 0 Å². The average Bonchev–Trinajstić information content (AvgIpc) is 2.54. The van der Waals surface area contributed by atoms with Crippen LogP contribution in [0.3, 0.4) is 0 Å². The number of hydrogen-bond donors (Lipinski definition) is 2. The van der Waals surface area contributed by atoms with Gasteiger partial charge in [-0.2, -0.15) is 4.31 Å². The minimum absolute atomic E-state index is 0.134. The van der Waals surface area contributed by atoms with E-state index in [0.29, 0.717) is 24.5 Å². The number of aryl methyl sites for hydroxylation is 1. The van der Waals surface area contributed by atoms with Crippen molar-refractivity contribution < 1.29 is 13.2 Å². The molecule has 128 valence electrons. The summed E-state index contributed by atoms with van der Waals surface area (Å²) in [6, 6.07) is 6.69. The predicted molar refractivity (Wildman–Crippen MR) is 89.4 cm³/mol. The molecule has 0 aliphatic carbocycles. The van der Waals surface area contributed by atoms with Gasteiger partial charge in [-0.05, 0) is 31.9 Å². The summed E-state index contributed by atoms with van der Waals surface area (Å²) < 4.78 is 27.3. The summed E-state index contributed by atoms with van der Waals surface area (Å²) in [7, 11) is -3.53. The number of carbonyl (C=O) groups excluding carboxylic acids is 1. The van der Waals surface area contributed by atoms with E-state index in [4.69, 9.17) is 5.73 Å². The van der Waals surface area contributed by atoms with Crippen molar-refractivity contribution in [3.05, 3.63) is 29.8 Å². The van der Waals surface area contributed by atoms with Crippen LogP contribution in [0.25, 0.3) is 0 Å². The van der Waals surface area contributed by atoms with Gasteiger partial charge in [-0.15, -0.1) is 0 Å². The number of hydrogen-bond acceptors (Lipinski definition) is 4. The van der Waals surface area contributed by atoms with Gasteiger partial charge in [0.1, 0.15) is 0 Å². The van der Waals surface area contributed by atoms with E-state index in [0.717, 1.165) is 24.8 Å². The fourth-order valence-electron chi connectivity index (χ4n) is 2.79. The van der Waals surface area contributed by atoms with Crippen LogP contribution in [0.2, 0.25) is 0 Å². The maximum absolute atomic E-state index is 12.9. The Morgan fingerprint density at radius 1 is 1.30 bits per heavy atom. The monoisotopic (exact) mass is 339 g/mol. The third kappa shape index (κ3) is 4.53.